The van der Waals surface area contributed by atoms with Crippen LogP contribution in [-0.4, -0.2) is 15.5 Å². The summed E-state index contributed by atoms with van der Waals surface area (Å²) in [7, 11) is 0. The molecule has 3 rings (SSSR count). The van der Waals surface area contributed by atoms with Crippen molar-refractivity contribution in [3.8, 4) is 0 Å². The Hall–Kier alpha value is -2.35. The molecule has 1 heterocycles. The van der Waals surface area contributed by atoms with Gasteiger partial charge in [0, 0.05) is 12.0 Å². The van der Waals surface area contributed by atoms with E-state index in [2.05, 4.69) is 49.8 Å². The average molecular weight is 338 g/mol. The van der Waals surface area contributed by atoms with Gasteiger partial charge in [-0.15, -0.1) is 0 Å². The Bertz CT molecular complexity index is 860. The molecule has 0 atom stereocenters. The predicted octanol–water partition coefficient (Wildman–Crippen LogP) is 5.11. The van der Waals surface area contributed by atoms with Gasteiger partial charge in [0.1, 0.15) is 0 Å². The van der Waals surface area contributed by atoms with Crippen LogP contribution in [0.5, 0.6) is 0 Å². The number of carbonyl (C=O) groups excluding carboxylic acids is 1. The molecule has 0 aliphatic heterocycles. The highest BCUT2D eigenvalue weighted by molar-refractivity contribution is 5.92. The van der Waals surface area contributed by atoms with Crippen LogP contribution in [0.2, 0.25) is 0 Å². The molecule has 1 saturated carbocycles. The molecule has 0 spiro atoms. The molecule has 0 radical (unpaired) electrons. The lowest BCUT2D eigenvalue weighted by molar-refractivity contribution is -0.118. The zero-order chi connectivity index (χ0) is 18.4. The lowest BCUT2D eigenvalue weighted by Crippen LogP contribution is -2.28. The van der Waals surface area contributed by atoms with E-state index in [0.29, 0.717) is 24.0 Å². The van der Waals surface area contributed by atoms with Crippen molar-refractivity contribution in [3.05, 3.63) is 29.6 Å². The van der Waals surface area contributed by atoms with Crippen molar-refractivity contribution < 1.29 is 4.79 Å². The van der Waals surface area contributed by atoms with E-state index in [0.717, 1.165) is 11.0 Å². The van der Waals surface area contributed by atoms with Crippen molar-refractivity contribution in [2.45, 2.75) is 59.4 Å². The van der Waals surface area contributed by atoms with Gasteiger partial charge in [-0.1, -0.05) is 19.9 Å². The molecule has 132 valence electrons. The molecule has 0 saturated heterocycles. The number of amides is 1. The van der Waals surface area contributed by atoms with E-state index in [9.17, 15) is 4.79 Å². The molecule has 2 aromatic rings. The Balaban J connectivity index is 1.95. The Kier molecular flexibility index (Phi) is 4.10. The number of nitrogens with one attached hydrogen (secondary N) is 1. The summed E-state index contributed by atoms with van der Waals surface area (Å²) in [6, 6.07) is 5.44. The maximum absolute atomic E-state index is 12.6. The van der Waals surface area contributed by atoms with Crippen LogP contribution in [0.4, 0.5) is 11.6 Å². The molecule has 5 nitrogen and oxygen atoms in total. The second-order valence-electron chi connectivity index (χ2n) is 8.71. The maximum Gasteiger partial charge on any atom is 0.227 e. The molecule has 1 aliphatic rings. The monoisotopic (exact) mass is 338 g/mol. The largest absolute Gasteiger partial charge is 0.306 e. The second kappa shape index (κ2) is 5.87. The van der Waals surface area contributed by atoms with Gasteiger partial charge in [0.2, 0.25) is 11.9 Å². The molecule has 1 N–H and O–H groups in total. The van der Waals surface area contributed by atoms with Crippen molar-refractivity contribution in [1.82, 2.24) is 9.55 Å². The van der Waals surface area contributed by atoms with E-state index in [4.69, 9.17) is 6.57 Å². The van der Waals surface area contributed by atoms with Crippen LogP contribution in [0.15, 0.2) is 18.2 Å². The van der Waals surface area contributed by atoms with Crippen molar-refractivity contribution >= 4 is 28.6 Å². The van der Waals surface area contributed by atoms with E-state index in [-0.39, 0.29) is 16.9 Å². The first kappa shape index (κ1) is 17.5. The number of hydrogen-bond donors (Lipinski definition) is 1. The van der Waals surface area contributed by atoms with Gasteiger partial charge in [-0.2, -0.15) is 0 Å². The van der Waals surface area contributed by atoms with E-state index < -0.39 is 0 Å². The van der Waals surface area contributed by atoms with Crippen LogP contribution in [0.25, 0.3) is 15.9 Å². The van der Waals surface area contributed by atoms with E-state index >= 15 is 0 Å². The van der Waals surface area contributed by atoms with Crippen molar-refractivity contribution in [2.24, 2.45) is 11.3 Å². The lowest BCUT2D eigenvalue weighted by Gasteiger charge is -2.26. The number of benzene rings is 1. The third-order valence-corrected chi connectivity index (χ3v) is 4.99. The first-order valence-electron chi connectivity index (χ1n) is 8.82. The SMILES string of the molecule is [C-]#[N+]c1ccc2nc(NC(=O)CC(C)(C)C3CC3)n(C(C)(C)C)c2c1. The lowest BCUT2D eigenvalue weighted by atomic mass is 9.83. The first-order chi connectivity index (χ1) is 11.6. The quantitative estimate of drug-likeness (QED) is 0.788. The number of hydrogen-bond acceptors (Lipinski definition) is 2. The topological polar surface area (TPSA) is 51.3 Å². The third kappa shape index (κ3) is 3.53. The standard InChI is InChI=1S/C20H26N4O/c1-19(2,3)24-16-11-14(21-6)9-10-15(16)22-18(24)23-17(25)12-20(4,5)13-7-8-13/h9-11,13H,7-8,12H2,1-5H3,(H,22,23,25). The minimum atomic E-state index is -0.260. The summed E-state index contributed by atoms with van der Waals surface area (Å²) in [6.07, 6.45) is 2.94. The zero-order valence-corrected chi connectivity index (χ0v) is 15.7. The summed E-state index contributed by atoms with van der Waals surface area (Å²) in [6.45, 7) is 17.8. The van der Waals surface area contributed by atoms with Crippen molar-refractivity contribution in [1.29, 1.82) is 0 Å². The molecule has 25 heavy (non-hydrogen) atoms. The number of fused-ring (bicyclic) bond motifs is 1. The third-order valence-electron chi connectivity index (χ3n) is 4.99. The number of carbonyl (C=O) groups is 1. The highest BCUT2D eigenvalue weighted by Crippen LogP contribution is 2.47. The molecular formula is C20H26N4O. The summed E-state index contributed by atoms with van der Waals surface area (Å²) in [4.78, 5) is 20.7. The summed E-state index contributed by atoms with van der Waals surface area (Å²) in [5.41, 5.74) is 2.01. The maximum atomic E-state index is 12.6. The van der Waals surface area contributed by atoms with Gasteiger partial charge >= 0.3 is 0 Å². The minimum absolute atomic E-state index is 0.00288. The van der Waals surface area contributed by atoms with Crippen LogP contribution in [0.1, 0.15) is 53.9 Å². The van der Waals surface area contributed by atoms with Crippen LogP contribution >= 0.6 is 0 Å². The molecule has 0 unspecified atom stereocenters. The van der Waals surface area contributed by atoms with Crippen LogP contribution in [0.3, 0.4) is 0 Å². The highest BCUT2D eigenvalue weighted by Gasteiger charge is 2.39. The fourth-order valence-electron chi connectivity index (χ4n) is 3.49. The number of rotatable bonds is 4. The molecule has 1 amide bonds. The second-order valence-corrected chi connectivity index (χ2v) is 8.71. The number of anilines is 1. The smallest absolute Gasteiger partial charge is 0.227 e. The minimum Gasteiger partial charge on any atom is -0.306 e. The molecular weight excluding hydrogens is 312 g/mol. The van der Waals surface area contributed by atoms with Gasteiger partial charge in [-0.3, -0.25) is 10.1 Å². The number of nitrogens with zero attached hydrogens (tertiary/aromatic N) is 3. The summed E-state index contributed by atoms with van der Waals surface area (Å²) >= 11 is 0. The Morgan fingerprint density at radius 1 is 1.32 bits per heavy atom. The Morgan fingerprint density at radius 2 is 2.00 bits per heavy atom. The fourth-order valence-corrected chi connectivity index (χ4v) is 3.49. The van der Waals surface area contributed by atoms with E-state index in [1.54, 1.807) is 6.07 Å². The molecule has 1 fully saturated rings. The molecule has 1 aliphatic carbocycles. The zero-order valence-electron chi connectivity index (χ0n) is 15.7. The van der Waals surface area contributed by atoms with E-state index in [1.165, 1.54) is 12.8 Å². The summed E-state index contributed by atoms with van der Waals surface area (Å²) < 4.78 is 2.01. The van der Waals surface area contributed by atoms with Crippen LogP contribution in [-0.2, 0) is 10.3 Å². The van der Waals surface area contributed by atoms with Gasteiger partial charge in [0.25, 0.3) is 0 Å². The fraction of sp³-hybridized carbons (Fsp3) is 0.550. The van der Waals surface area contributed by atoms with Crippen LogP contribution < -0.4 is 5.32 Å². The first-order valence-corrected chi connectivity index (χ1v) is 8.82. The Morgan fingerprint density at radius 3 is 2.56 bits per heavy atom. The normalized spacial score (nSPS) is 15.2. The van der Waals surface area contributed by atoms with Gasteiger partial charge in [-0.25, -0.2) is 9.83 Å². The van der Waals surface area contributed by atoms with Crippen LogP contribution in [0, 0.1) is 17.9 Å². The van der Waals surface area contributed by atoms with Gasteiger partial charge in [0.05, 0.1) is 17.6 Å². The average Bonchev–Trinajstić information content (AvgIpc) is 3.27. The number of aromatic nitrogens is 2. The van der Waals surface area contributed by atoms with Gasteiger partial charge < -0.3 is 4.57 Å². The van der Waals surface area contributed by atoms with Gasteiger partial charge in [-0.05, 0) is 57.1 Å². The Labute approximate surface area is 149 Å². The van der Waals surface area contributed by atoms with Gasteiger partial charge in [0.15, 0.2) is 5.69 Å². The summed E-state index contributed by atoms with van der Waals surface area (Å²) in [5.74, 6) is 1.21. The number of imidazole rings is 1. The molecule has 5 heteroatoms. The summed E-state index contributed by atoms with van der Waals surface area (Å²) in [5, 5.41) is 3.02. The molecule has 0 bridgehead atoms. The van der Waals surface area contributed by atoms with Crippen molar-refractivity contribution in [3.63, 3.8) is 0 Å². The molecule has 1 aromatic carbocycles. The predicted molar refractivity (Wildman–Crippen MR) is 101 cm³/mol. The van der Waals surface area contributed by atoms with Crippen molar-refractivity contribution in [2.75, 3.05) is 5.32 Å². The highest BCUT2D eigenvalue weighted by atomic mass is 16.1. The van der Waals surface area contributed by atoms with E-state index in [1.807, 2.05) is 16.7 Å². The molecule has 1 aromatic heterocycles.